The number of rotatable bonds is 3. The predicted molar refractivity (Wildman–Crippen MR) is 78.0 cm³/mol. The average molecular weight is 292 g/mol. The molecule has 1 atom stereocenters. The van der Waals surface area contributed by atoms with Crippen molar-refractivity contribution in [2.45, 2.75) is 12.5 Å². The van der Waals surface area contributed by atoms with Gasteiger partial charge in [-0.2, -0.15) is 0 Å². The van der Waals surface area contributed by atoms with Crippen molar-refractivity contribution >= 4 is 11.6 Å². The third kappa shape index (κ3) is 2.17. The molecule has 0 spiro atoms. The molecule has 20 heavy (non-hydrogen) atoms. The highest BCUT2D eigenvalue weighted by molar-refractivity contribution is 6.31. The van der Waals surface area contributed by atoms with Crippen LogP contribution in [0, 0.1) is 5.82 Å². The van der Waals surface area contributed by atoms with Gasteiger partial charge in [-0.25, -0.2) is 4.39 Å². The molecule has 104 valence electrons. The highest BCUT2D eigenvalue weighted by Crippen LogP contribution is 2.38. The van der Waals surface area contributed by atoms with E-state index in [0.29, 0.717) is 6.61 Å². The molecule has 1 N–H and O–H groups in total. The summed E-state index contributed by atoms with van der Waals surface area (Å²) in [6.07, 6.45) is 0.913. The fraction of sp³-hybridized carbons (Fsp3) is 0.250. The molecule has 0 aliphatic carbocycles. The minimum Gasteiger partial charge on any atom is -0.493 e. The minimum atomic E-state index is -0.405. The fourth-order valence-corrected chi connectivity index (χ4v) is 2.93. The van der Waals surface area contributed by atoms with Crippen LogP contribution in [-0.4, -0.2) is 13.7 Å². The predicted octanol–water partition coefficient (Wildman–Crippen LogP) is 3.72. The van der Waals surface area contributed by atoms with E-state index in [9.17, 15) is 4.39 Å². The van der Waals surface area contributed by atoms with Crippen LogP contribution in [0.3, 0.4) is 0 Å². The van der Waals surface area contributed by atoms with Gasteiger partial charge in [-0.1, -0.05) is 41.9 Å². The number of ether oxygens (including phenoxy) is 1. The summed E-state index contributed by atoms with van der Waals surface area (Å²) in [4.78, 5) is 0. The van der Waals surface area contributed by atoms with Crippen LogP contribution in [0.2, 0.25) is 5.02 Å². The summed E-state index contributed by atoms with van der Waals surface area (Å²) >= 11 is 6.11. The Hall–Kier alpha value is -1.58. The van der Waals surface area contributed by atoms with E-state index in [1.807, 2.05) is 25.2 Å². The topological polar surface area (TPSA) is 21.3 Å². The van der Waals surface area contributed by atoms with Crippen molar-refractivity contribution in [3.63, 3.8) is 0 Å². The third-order valence-electron chi connectivity index (χ3n) is 3.64. The summed E-state index contributed by atoms with van der Waals surface area (Å²) in [5.41, 5.74) is 2.91. The van der Waals surface area contributed by atoms with E-state index < -0.39 is 5.82 Å². The molecule has 2 nitrogen and oxygen atoms in total. The lowest BCUT2D eigenvalue weighted by Crippen LogP contribution is -2.19. The standard InChI is InChI=1S/C16H15ClFNO/c1-19-15(11-5-3-7-13(18)14(11)17)12-6-2-4-10-8-9-20-16(10)12/h2-7,15,19H,8-9H2,1H3. The Morgan fingerprint density at radius 3 is 2.75 bits per heavy atom. The number of para-hydroxylation sites is 1. The normalized spacial score (nSPS) is 14.8. The number of hydrogen-bond donors (Lipinski definition) is 1. The molecule has 1 aliphatic rings. The Kier molecular flexibility index (Phi) is 3.64. The lowest BCUT2D eigenvalue weighted by molar-refractivity contribution is 0.351. The zero-order chi connectivity index (χ0) is 14.1. The van der Waals surface area contributed by atoms with Crippen molar-refractivity contribution in [1.82, 2.24) is 5.32 Å². The lowest BCUT2D eigenvalue weighted by Gasteiger charge is -2.21. The molecule has 0 aromatic heterocycles. The molecule has 0 amide bonds. The van der Waals surface area contributed by atoms with Crippen LogP contribution in [0.25, 0.3) is 0 Å². The van der Waals surface area contributed by atoms with Crippen molar-refractivity contribution in [3.8, 4) is 5.75 Å². The van der Waals surface area contributed by atoms with Crippen LogP contribution in [0.4, 0.5) is 4.39 Å². The molecule has 1 aliphatic heterocycles. The SMILES string of the molecule is CNC(c1cccc(F)c1Cl)c1cccc2c1OCC2. The van der Waals surface area contributed by atoms with Gasteiger partial charge in [0.1, 0.15) is 11.6 Å². The maximum absolute atomic E-state index is 13.7. The lowest BCUT2D eigenvalue weighted by atomic mass is 9.96. The van der Waals surface area contributed by atoms with Crippen LogP contribution >= 0.6 is 11.6 Å². The minimum absolute atomic E-state index is 0.155. The van der Waals surface area contributed by atoms with Crippen molar-refractivity contribution in [2.24, 2.45) is 0 Å². The zero-order valence-corrected chi connectivity index (χ0v) is 11.9. The summed E-state index contributed by atoms with van der Waals surface area (Å²) in [5, 5.41) is 3.36. The summed E-state index contributed by atoms with van der Waals surface area (Å²) in [6, 6.07) is 10.7. The number of halogens is 2. The second-order valence-electron chi connectivity index (χ2n) is 4.80. The highest BCUT2D eigenvalue weighted by atomic mass is 35.5. The molecule has 2 aromatic carbocycles. The van der Waals surface area contributed by atoms with Gasteiger partial charge in [0, 0.05) is 12.0 Å². The summed E-state index contributed by atoms with van der Waals surface area (Å²) in [6.45, 7) is 0.694. The molecule has 1 unspecified atom stereocenters. The number of fused-ring (bicyclic) bond motifs is 1. The van der Waals surface area contributed by atoms with E-state index in [4.69, 9.17) is 16.3 Å². The molecule has 0 fully saturated rings. The summed E-state index contributed by atoms with van der Waals surface area (Å²) in [5.74, 6) is 0.491. The van der Waals surface area contributed by atoms with E-state index in [1.54, 1.807) is 6.07 Å². The zero-order valence-electron chi connectivity index (χ0n) is 11.1. The molecular formula is C16H15ClFNO. The molecule has 0 bridgehead atoms. The van der Waals surface area contributed by atoms with Crippen molar-refractivity contribution in [2.75, 3.05) is 13.7 Å². The quantitative estimate of drug-likeness (QED) is 0.930. The summed E-state index contributed by atoms with van der Waals surface area (Å²) in [7, 11) is 1.83. The van der Waals surface area contributed by atoms with Crippen LogP contribution in [0.15, 0.2) is 36.4 Å². The van der Waals surface area contributed by atoms with Gasteiger partial charge in [0.15, 0.2) is 0 Å². The molecule has 0 saturated heterocycles. The highest BCUT2D eigenvalue weighted by Gasteiger charge is 2.24. The Morgan fingerprint density at radius 1 is 1.20 bits per heavy atom. The molecule has 3 rings (SSSR count). The maximum Gasteiger partial charge on any atom is 0.142 e. The van der Waals surface area contributed by atoms with E-state index in [0.717, 1.165) is 23.3 Å². The molecule has 0 radical (unpaired) electrons. The maximum atomic E-state index is 13.7. The van der Waals surface area contributed by atoms with Gasteiger partial charge >= 0.3 is 0 Å². The number of nitrogens with one attached hydrogen (secondary N) is 1. The molecular weight excluding hydrogens is 277 g/mol. The van der Waals surface area contributed by atoms with Gasteiger partial charge in [-0.05, 0) is 24.2 Å². The first-order valence-electron chi connectivity index (χ1n) is 6.58. The van der Waals surface area contributed by atoms with E-state index in [1.165, 1.54) is 11.6 Å². The van der Waals surface area contributed by atoms with Gasteiger partial charge in [0.05, 0.1) is 17.7 Å². The second kappa shape index (κ2) is 5.43. The fourth-order valence-electron chi connectivity index (χ4n) is 2.69. The van der Waals surface area contributed by atoms with E-state index in [-0.39, 0.29) is 11.1 Å². The first-order valence-corrected chi connectivity index (χ1v) is 6.96. The molecule has 4 heteroatoms. The largest absolute Gasteiger partial charge is 0.493 e. The molecule has 1 heterocycles. The number of hydrogen-bond acceptors (Lipinski definition) is 2. The Balaban J connectivity index is 2.11. The average Bonchev–Trinajstić information content (AvgIpc) is 2.93. The number of benzene rings is 2. The molecule has 0 saturated carbocycles. The smallest absolute Gasteiger partial charge is 0.142 e. The Bertz CT molecular complexity index is 644. The Labute approximate surface area is 122 Å². The van der Waals surface area contributed by atoms with Crippen LogP contribution in [0.5, 0.6) is 5.75 Å². The third-order valence-corrected chi connectivity index (χ3v) is 4.04. The van der Waals surface area contributed by atoms with Gasteiger partial charge in [0.25, 0.3) is 0 Å². The van der Waals surface area contributed by atoms with Gasteiger partial charge in [-0.15, -0.1) is 0 Å². The van der Waals surface area contributed by atoms with Crippen molar-refractivity contribution < 1.29 is 9.13 Å². The Morgan fingerprint density at radius 2 is 1.95 bits per heavy atom. The van der Waals surface area contributed by atoms with Crippen molar-refractivity contribution in [1.29, 1.82) is 0 Å². The van der Waals surface area contributed by atoms with E-state index >= 15 is 0 Å². The first-order chi connectivity index (χ1) is 9.72. The first kappa shape index (κ1) is 13.4. The van der Waals surface area contributed by atoms with Crippen LogP contribution in [-0.2, 0) is 6.42 Å². The van der Waals surface area contributed by atoms with E-state index in [2.05, 4.69) is 11.4 Å². The van der Waals surface area contributed by atoms with Gasteiger partial charge < -0.3 is 10.1 Å². The van der Waals surface area contributed by atoms with Crippen molar-refractivity contribution in [3.05, 3.63) is 63.9 Å². The summed E-state index contributed by atoms with van der Waals surface area (Å²) < 4.78 is 19.4. The van der Waals surface area contributed by atoms with Gasteiger partial charge in [-0.3, -0.25) is 0 Å². The van der Waals surface area contributed by atoms with Crippen LogP contribution in [0.1, 0.15) is 22.7 Å². The molecule has 2 aromatic rings. The van der Waals surface area contributed by atoms with Crippen LogP contribution < -0.4 is 10.1 Å². The second-order valence-corrected chi connectivity index (χ2v) is 5.18. The van der Waals surface area contributed by atoms with Gasteiger partial charge in [0.2, 0.25) is 0 Å². The monoisotopic (exact) mass is 291 g/mol.